The van der Waals surface area contributed by atoms with Gasteiger partial charge in [-0.15, -0.1) is 0 Å². The van der Waals surface area contributed by atoms with Gasteiger partial charge in [-0.3, -0.25) is 9.78 Å². The van der Waals surface area contributed by atoms with E-state index in [0.717, 1.165) is 28.9 Å². The molecule has 27 heavy (non-hydrogen) atoms. The van der Waals surface area contributed by atoms with E-state index in [9.17, 15) is 9.18 Å². The summed E-state index contributed by atoms with van der Waals surface area (Å²) in [4.78, 5) is 21.0. The van der Waals surface area contributed by atoms with Crippen LogP contribution in [0.1, 0.15) is 15.9 Å². The average Bonchev–Trinajstić information content (AvgIpc) is 3.12. The predicted octanol–water partition coefficient (Wildman–Crippen LogP) is 3.51. The number of amides is 1. The molecule has 134 valence electrons. The first-order valence-electron chi connectivity index (χ1n) is 8.61. The smallest absolute Gasteiger partial charge is 0.252 e. The molecule has 0 bridgehead atoms. The number of halogens is 1. The number of pyridine rings is 2. The number of hydrogen-bond acceptors (Lipinski definition) is 3. The van der Waals surface area contributed by atoms with Crippen molar-refractivity contribution in [1.82, 2.24) is 19.7 Å². The Bertz CT molecular complexity index is 1070. The number of carbonyl (C=O) groups is 1. The molecule has 0 saturated carbocycles. The highest BCUT2D eigenvalue weighted by Gasteiger charge is 2.09. The quantitative estimate of drug-likeness (QED) is 0.592. The molecule has 0 aliphatic carbocycles. The Kier molecular flexibility index (Phi) is 4.61. The molecule has 0 spiro atoms. The lowest BCUT2D eigenvalue weighted by Crippen LogP contribution is -2.25. The highest BCUT2D eigenvalue weighted by atomic mass is 19.1. The monoisotopic (exact) mass is 360 g/mol. The van der Waals surface area contributed by atoms with Gasteiger partial charge in [0.25, 0.3) is 5.91 Å². The molecule has 0 aliphatic rings. The van der Waals surface area contributed by atoms with Gasteiger partial charge in [-0.1, -0.05) is 6.07 Å². The molecule has 4 aromatic rings. The van der Waals surface area contributed by atoms with Crippen LogP contribution in [0.3, 0.4) is 0 Å². The molecule has 6 heteroatoms. The van der Waals surface area contributed by atoms with Crippen LogP contribution < -0.4 is 5.32 Å². The summed E-state index contributed by atoms with van der Waals surface area (Å²) in [5, 5.41) is 2.91. The Labute approximate surface area is 155 Å². The molecule has 0 radical (unpaired) electrons. The van der Waals surface area contributed by atoms with Crippen LogP contribution >= 0.6 is 0 Å². The van der Waals surface area contributed by atoms with Gasteiger partial charge in [-0.05, 0) is 54.4 Å². The molecule has 3 aromatic heterocycles. The van der Waals surface area contributed by atoms with E-state index < -0.39 is 0 Å². The third-order valence-corrected chi connectivity index (χ3v) is 4.28. The van der Waals surface area contributed by atoms with Gasteiger partial charge in [0.15, 0.2) is 0 Å². The molecule has 1 N–H and O–H groups in total. The van der Waals surface area contributed by atoms with Crippen molar-refractivity contribution in [2.45, 2.75) is 6.42 Å². The van der Waals surface area contributed by atoms with Crippen molar-refractivity contribution in [2.24, 2.45) is 0 Å². The van der Waals surface area contributed by atoms with Crippen LogP contribution in [0.2, 0.25) is 0 Å². The minimum Gasteiger partial charge on any atom is -0.352 e. The molecule has 0 unspecified atom stereocenters. The number of nitrogens with one attached hydrogen (secondary N) is 1. The summed E-state index contributed by atoms with van der Waals surface area (Å²) in [5.74, 6) is -0.425. The number of hydrogen-bond donors (Lipinski definition) is 1. The maximum absolute atomic E-state index is 13.1. The normalized spacial score (nSPS) is 10.9. The SMILES string of the molecule is O=C(NCCc1cccnc1)c1ccc2nc(-c3ccc(F)cc3)cn2c1. The van der Waals surface area contributed by atoms with Crippen molar-refractivity contribution in [3.05, 3.63) is 90.3 Å². The molecule has 3 heterocycles. The number of rotatable bonds is 5. The Morgan fingerprint density at radius 1 is 1.07 bits per heavy atom. The highest BCUT2D eigenvalue weighted by Crippen LogP contribution is 2.20. The van der Waals surface area contributed by atoms with Crippen molar-refractivity contribution in [3.8, 4) is 11.3 Å². The van der Waals surface area contributed by atoms with E-state index in [0.29, 0.717) is 12.1 Å². The van der Waals surface area contributed by atoms with Gasteiger partial charge in [0.05, 0.1) is 11.3 Å². The van der Waals surface area contributed by atoms with E-state index >= 15 is 0 Å². The van der Waals surface area contributed by atoms with Crippen LogP contribution in [0.25, 0.3) is 16.9 Å². The first-order chi connectivity index (χ1) is 13.2. The first kappa shape index (κ1) is 16.9. The summed E-state index contributed by atoms with van der Waals surface area (Å²) in [6, 6.07) is 13.6. The summed E-state index contributed by atoms with van der Waals surface area (Å²) in [6.45, 7) is 0.535. The molecule has 5 nitrogen and oxygen atoms in total. The molecule has 0 saturated heterocycles. The molecule has 0 atom stereocenters. The topological polar surface area (TPSA) is 59.3 Å². The van der Waals surface area contributed by atoms with E-state index in [4.69, 9.17) is 0 Å². The fourth-order valence-corrected chi connectivity index (χ4v) is 2.85. The summed E-state index contributed by atoms with van der Waals surface area (Å²) in [5.41, 5.74) is 3.90. The number of benzene rings is 1. The van der Waals surface area contributed by atoms with Gasteiger partial charge >= 0.3 is 0 Å². The van der Waals surface area contributed by atoms with Crippen molar-refractivity contribution >= 4 is 11.6 Å². The van der Waals surface area contributed by atoms with E-state index in [2.05, 4.69) is 15.3 Å². The van der Waals surface area contributed by atoms with Crippen LogP contribution in [0.5, 0.6) is 0 Å². The van der Waals surface area contributed by atoms with Crippen molar-refractivity contribution in [3.63, 3.8) is 0 Å². The molecular formula is C21H17FN4O. The Morgan fingerprint density at radius 2 is 1.93 bits per heavy atom. The largest absolute Gasteiger partial charge is 0.352 e. The molecule has 1 amide bonds. The molecule has 4 rings (SSSR count). The first-order valence-corrected chi connectivity index (χ1v) is 8.61. The molecule has 1 aromatic carbocycles. The number of fused-ring (bicyclic) bond motifs is 1. The van der Waals surface area contributed by atoms with Gasteiger partial charge in [-0.25, -0.2) is 9.37 Å². The maximum atomic E-state index is 13.1. The minimum atomic E-state index is -0.284. The molecule has 0 fully saturated rings. The lowest BCUT2D eigenvalue weighted by atomic mass is 10.2. The van der Waals surface area contributed by atoms with Crippen LogP contribution in [0.15, 0.2) is 73.3 Å². The fraction of sp³-hybridized carbons (Fsp3) is 0.0952. The van der Waals surface area contributed by atoms with Crippen molar-refractivity contribution in [2.75, 3.05) is 6.54 Å². The lowest BCUT2D eigenvalue weighted by molar-refractivity contribution is 0.0953. The van der Waals surface area contributed by atoms with Gasteiger partial charge in [0.1, 0.15) is 11.5 Å². The number of aromatic nitrogens is 3. The van der Waals surface area contributed by atoms with E-state index in [1.807, 2.05) is 18.3 Å². The maximum Gasteiger partial charge on any atom is 0.252 e. The second-order valence-electron chi connectivity index (χ2n) is 6.18. The van der Waals surface area contributed by atoms with Crippen LogP contribution in [-0.2, 0) is 6.42 Å². The zero-order valence-electron chi connectivity index (χ0n) is 14.5. The second kappa shape index (κ2) is 7.37. The average molecular weight is 360 g/mol. The van der Waals surface area contributed by atoms with Crippen LogP contribution in [0.4, 0.5) is 4.39 Å². The van der Waals surface area contributed by atoms with E-state index in [1.54, 1.807) is 47.3 Å². The zero-order valence-corrected chi connectivity index (χ0v) is 14.5. The molecular weight excluding hydrogens is 343 g/mol. The Hall–Kier alpha value is -3.54. The van der Waals surface area contributed by atoms with Gasteiger partial charge in [0.2, 0.25) is 0 Å². The van der Waals surface area contributed by atoms with Gasteiger partial charge < -0.3 is 9.72 Å². The number of imidazole rings is 1. The standard InChI is InChI=1S/C21H17FN4O/c22-18-6-3-16(4-7-18)19-14-26-13-17(5-8-20(26)25-19)21(27)24-11-9-15-2-1-10-23-12-15/h1-8,10,12-14H,9,11H2,(H,24,27). The number of nitrogens with zero attached hydrogens (tertiary/aromatic N) is 3. The third-order valence-electron chi connectivity index (χ3n) is 4.28. The van der Waals surface area contributed by atoms with Crippen LogP contribution in [-0.4, -0.2) is 26.8 Å². The Morgan fingerprint density at radius 3 is 2.70 bits per heavy atom. The van der Waals surface area contributed by atoms with Crippen molar-refractivity contribution < 1.29 is 9.18 Å². The zero-order chi connectivity index (χ0) is 18.6. The van der Waals surface area contributed by atoms with E-state index in [-0.39, 0.29) is 11.7 Å². The summed E-state index contributed by atoms with van der Waals surface area (Å²) >= 11 is 0. The van der Waals surface area contributed by atoms with E-state index in [1.165, 1.54) is 12.1 Å². The fourth-order valence-electron chi connectivity index (χ4n) is 2.85. The second-order valence-corrected chi connectivity index (χ2v) is 6.18. The molecule has 0 aliphatic heterocycles. The summed E-state index contributed by atoms with van der Waals surface area (Å²) in [6.07, 6.45) is 7.81. The van der Waals surface area contributed by atoms with Crippen LogP contribution in [0, 0.1) is 5.82 Å². The number of carbonyl (C=O) groups excluding carboxylic acids is 1. The Balaban J connectivity index is 1.47. The summed E-state index contributed by atoms with van der Waals surface area (Å²) in [7, 11) is 0. The highest BCUT2D eigenvalue weighted by molar-refractivity contribution is 5.94. The van der Waals surface area contributed by atoms with Crippen molar-refractivity contribution in [1.29, 1.82) is 0 Å². The predicted molar refractivity (Wildman–Crippen MR) is 101 cm³/mol. The third kappa shape index (κ3) is 3.84. The lowest BCUT2D eigenvalue weighted by Gasteiger charge is -2.05. The van der Waals surface area contributed by atoms with Gasteiger partial charge in [-0.2, -0.15) is 0 Å². The minimum absolute atomic E-state index is 0.141. The summed E-state index contributed by atoms with van der Waals surface area (Å²) < 4.78 is 14.9. The van der Waals surface area contributed by atoms with Gasteiger partial charge in [0, 0.05) is 36.9 Å².